The van der Waals surface area contributed by atoms with E-state index in [1.807, 2.05) is 0 Å². The molecule has 0 spiro atoms. The van der Waals surface area contributed by atoms with Crippen LogP contribution in [0, 0.1) is 0 Å². The Morgan fingerprint density at radius 3 is 2.50 bits per heavy atom. The summed E-state index contributed by atoms with van der Waals surface area (Å²) in [4.78, 5) is 0. The molecule has 3 nitrogen and oxygen atoms in total. The first-order chi connectivity index (χ1) is 5.86. The molecule has 70 valence electrons. The molecular weight excluding hydrogens is 154 g/mol. The second kappa shape index (κ2) is 3.73. The van der Waals surface area contributed by atoms with E-state index in [0.29, 0.717) is 12.1 Å². The molecule has 0 aromatic carbocycles. The average molecular weight is 171 g/mol. The number of nitrogens with one attached hydrogen (secondary N) is 1. The lowest BCUT2D eigenvalue weighted by molar-refractivity contribution is -0.0244. The molecule has 0 aromatic rings. The summed E-state index contributed by atoms with van der Waals surface area (Å²) in [6, 6.07) is 0.829. The number of aliphatic hydroxyl groups is 1. The molecule has 2 fully saturated rings. The van der Waals surface area contributed by atoms with E-state index in [4.69, 9.17) is 4.74 Å². The van der Waals surface area contributed by atoms with Gasteiger partial charge in [0.25, 0.3) is 0 Å². The quantitative estimate of drug-likeness (QED) is 0.627. The highest BCUT2D eigenvalue weighted by Crippen LogP contribution is 2.19. The van der Waals surface area contributed by atoms with Gasteiger partial charge < -0.3 is 15.2 Å². The third-order valence-corrected chi connectivity index (χ3v) is 2.82. The third kappa shape index (κ3) is 1.79. The Bertz CT molecular complexity index is 147. The molecule has 0 radical (unpaired) electrons. The SMILES string of the molecule is O[C@@H]1CCCC[C@@H]1NC1COC1. The second-order valence-corrected chi connectivity index (χ2v) is 3.86. The molecular formula is C9H17NO2. The van der Waals surface area contributed by atoms with Crippen LogP contribution in [0.3, 0.4) is 0 Å². The van der Waals surface area contributed by atoms with Crippen LogP contribution in [-0.4, -0.2) is 36.5 Å². The van der Waals surface area contributed by atoms with Crippen molar-refractivity contribution in [2.24, 2.45) is 0 Å². The minimum Gasteiger partial charge on any atom is -0.392 e. The van der Waals surface area contributed by atoms with Gasteiger partial charge in [0.1, 0.15) is 0 Å². The fraction of sp³-hybridized carbons (Fsp3) is 1.00. The number of aliphatic hydroxyl groups excluding tert-OH is 1. The van der Waals surface area contributed by atoms with Crippen molar-refractivity contribution in [3.8, 4) is 0 Å². The van der Waals surface area contributed by atoms with Gasteiger partial charge in [-0.2, -0.15) is 0 Å². The van der Waals surface area contributed by atoms with Crippen molar-refractivity contribution in [2.75, 3.05) is 13.2 Å². The van der Waals surface area contributed by atoms with Crippen LogP contribution in [0.2, 0.25) is 0 Å². The van der Waals surface area contributed by atoms with E-state index in [-0.39, 0.29) is 6.10 Å². The van der Waals surface area contributed by atoms with Crippen molar-refractivity contribution >= 4 is 0 Å². The highest BCUT2D eigenvalue weighted by atomic mass is 16.5. The Morgan fingerprint density at radius 2 is 1.92 bits per heavy atom. The predicted molar refractivity (Wildman–Crippen MR) is 46.0 cm³/mol. The van der Waals surface area contributed by atoms with Crippen LogP contribution in [0.25, 0.3) is 0 Å². The van der Waals surface area contributed by atoms with Crippen LogP contribution in [0.4, 0.5) is 0 Å². The Balaban J connectivity index is 1.76. The highest BCUT2D eigenvalue weighted by Gasteiger charge is 2.27. The Kier molecular flexibility index (Phi) is 2.63. The van der Waals surface area contributed by atoms with Crippen LogP contribution >= 0.6 is 0 Å². The van der Waals surface area contributed by atoms with Crippen molar-refractivity contribution in [3.05, 3.63) is 0 Å². The summed E-state index contributed by atoms with van der Waals surface area (Å²) in [6.45, 7) is 1.65. The number of hydrogen-bond acceptors (Lipinski definition) is 3. The smallest absolute Gasteiger partial charge is 0.0693 e. The third-order valence-electron chi connectivity index (χ3n) is 2.82. The lowest BCUT2D eigenvalue weighted by Gasteiger charge is -2.35. The highest BCUT2D eigenvalue weighted by molar-refractivity contribution is 4.85. The molecule has 1 saturated carbocycles. The topological polar surface area (TPSA) is 41.5 Å². The van der Waals surface area contributed by atoms with Gasteiger partial charge in [0.15, 0.2) is 0 Å². The van der Waals surface area contributed by atoms with Crippen LogP contribution in [0.1, 0.15) is 25.7 Å². The molecule has 1 aliphatic heterocycles. The fourth-order valence-electron chi connectivity index (χ4n) is 1.94. The summed E-state index contributed by atoms with van der Waals surface area (Å²) < 4.78 is 5.07. The van der Waals surface area contributed by atoms with Crippen LogP contribution in [-0.2, 0) is 4.74 Å². The van der Waals surface area contributed by atoms with E-state index in [1.165, 1.54) is 12.8 Å². The normalized spacial score (nSPS) is 37.8. The first-order valence-electron chi connectivity index (χ1n) is 4.88. The van der Waals surface area contributed by atoms with Crippen molar-refractivity contribution in [2.45, 2.75) is 43.9 Å². The van der Waals surface area contributed by atoms with Gasteiger partial charge in [-0.1, -0.05) is 12.8 Å². The van der Waals surface area contributed by atoms with Crippen molar-refractivity contribution in [1.29, 1.82) is 0 Å². The average Bonchev–Trinajstić information content (AvgIpc) is 2.00. The molecule has 2 aliphatic rings. The van der Waals surface area contributed by atoms with E-state index in [9.17, 15) is 5.11 Å². The summed E-state index contributed by atoms with van der Waals surface area (Å²) in [5, 5.41) is 13.1. The number of rotatable bonds is 2. The van der Waals surface area contributed by atoms with Crippen molar-refractivity contribution in [3.63, 3.8) is 0 Å². The lowest BCUT2D eigenvalue weighted by Crippen LogP contribution is -2.54. The van der Waals surface area contributed by atoms with Crippen LogP contribution in [0.5, 0.6) is 0 Å². The molecule has 2 atom stereocenters. The largest absolute Gasteiger partial charge is 0.392 e. The minimum absolute atomic E-state index is 0.126. The minimum atomic E-state index is -0.126. The number of ether oxygens (including phenoxy) is 1. The number of hydrogen-bond donors (Lipinski definition) is 2. The van der Waals surface area contributed by atoms with Crippen LogP contribution < -0.4 is 5.32 Å². The van der Waals surface area contributed by atoms with E-state index in [0.717, 1.165) is 26.1 Å². The summed E-state index contributed by atoms with van der Waals surface area (Å²) >= 11 is 0. The maximum absolute atomic E-state index is 9.63. The summed E-state index contributed by atoms with van der Waals surface area (Å²) in [5.41, 5.74) is 0. The van der Waals surface area contributed by atoms with Gasteiger partial charge >= 0.3 is 0 Å². The molecule has 2 N–H and O–H groups in total. The maximum atomic E-state index is 9.63. The van der Waals surface area contributed by atoms with Crippen LogP contribution in [0.15, 0.2) is 0 Å². The Hall–Kier alpha value is -0.120. The molecule has 1 saturated heterocycles. The first-order valence-corrected chi connectivity index (χ1v) is 4.88. The maximum Gasteiger partial charge on any atom is 0.0693 e. The molecule has 2 rings (SSSR count). The van der Waals surface area contributed by atoms with E-state index >= 15 is 0 Å². The molecule has 1 heterocycles. The van der Waals surface area contributed by atoms with Gasteiger partial charge in [-0.05, 0) is 12.8 Å². The van der Waals surface area contributed by atoms with Gasteiger partial charge in [0.05, 0.1) is 25.4 Å². The van der Waals surface area contributed by atoms with Crippen molar-refractivity contribution < 1.29 is 9.84 Å². The molecule has 0 unspecified atom stereocenters. The molecule has 12 heavy (non-hydrogen) atoms. The predicted octanol–water partition coefficient (Wildman–Crippen LogP) is 0.278. The van der Waals surface area contributed by atoms with E-state index in [1.54, 1.807) is 0 Å². The molecule has 0 bridgehead atoms. The first kappa shape index (κ1) is 8.48. The Labute approximate surface area is 73.1 Å². The van der Waals surface area contributed by atoms with Gasteiger partial charge in [-0.15, -0.1) is 0 Å². The Morgan fingerprint density at radius 1 is 1.17 bits per heavy atom. The van der Waals surface area contributed by atoms with Gasteiger partial charge in [-0.3, -0.25) is 0 Å². The zero-order valence-corrected chi connectivity index (χ0v) is 7.33. The van der Waals surface area contributed by atoms with Gasteiger partial charge in [0.2, 0.25) is 0 Å². The second-order valence-electron chi connectivity index (χ2n) is 3.86. The molecule has 3 heteroatoms. The molecule has 0 aromatic heterocycles. The zero-order valence-electron chi connectivity index (χ0n) is 7.33. The van der Waals surface area contributed by atoms with Gasteiger partial charge in [0, 0.05) is 6.04 Å². The summed E-state index contributed by atoms with van der Waals surface area (Å²) in [6.07, 6.45) is 4.39. The summed E-state index contributed by atoms with van der Waals surface area (Å²) in [7, 11) is 0. The standard InChI is InChI=1S/C9H17NO2/c11-9-4-2-1-3-8(9)10-7-5-12-6-7/h7-11H,1-6H2/t8-,9+/m0/s1. The fourth-order valence-corrected chi connectivity index (χ4v) is 1.94. The van der Waals surface area contributed by atoms with E-state index < -0.39 is 0 Å². The zero-order chi connectivity index (χ0) is 8.39. The van der Waals surface area contributed by atoms with E-state index in [2.05, 4.69) is 5.32 Å². The van der Waals surface area contributed by atoms with Crippen molar-refractivity contribution in [1.82, 2.24) is 5.32 Å². The van der Waals surface area contributed by atoms with Gasteiger partial charge in [-0.25, -0.2) is 0 Å². The lowest BCUT2D eigenvalue weighted by atomic mass is 9.92. The summed E-state index contributed by atoms with van der Waals surface area (Å²) in [5.74, 6) is 0. The molecule has 1 aliphatic carbocycles. The monoisotopic (exact) mass is 171 g/mol. The molecule has 0 amide bonds.